The number of amides is 1. The number of nitrogens with one attached hydrogen (secondary N) is 2. The summed E-state index contributed by atoms with van der Waals surface area (Å²) in [4.78, 5) is 24.7. The number of aromatic nitrogens is 5. The second-order valence-corrected chi connectivity index (χ2v) is 9.80. The lowest BCUT2D eigenvalue weighted by molar-refractivity contribution is 0.0868. The Morgan fingerprint density at radius 1 is 0.971 bits per heavy atom. The van der Waals surface area contributed by atoms with Crippen LogP contribution < -0.4 is 10.0 Å². The number of hydrogen-bond donors (Lipinski definition) is 2. The smallest absolute Gasteiger partial charge is 0.321 e. The highest BCUT2D eigenvalue weighted by Crippen LogP contribution is 2.32. The number of carbonyl (C=O) groups is 1. The Balaban J connectivity index is 1.54. The van der Waals surface area contributed by atoms with Gasteiger partial charge in [0.25, 0.3) is 15.9 Å². The van der Waals surface area contributed by atoms with Gasteiger partial charge in [-0.3, -0.25) is 4.79 Å². The van der Waals surface area contributed by atoms with E-state index in [1.54, 1.807) is 19.9 Å². The van der Waals surface area contributed by atoms with E-state index in [-0.39, 0.29) is 33.6 Å². The molecule has 3 aromatic heterocycles. The van der Waals surface area contributed by atoms with Crippen LogP contribution in [-0.2, 0) is 15.4 Å². The summed E-state index contributed by atoms with van der Waals surface area (Å²) in [6.45, 7) is 4.94. The predicted octanol–water partition coefficient (Wildman–Crippen LogP) is 3.79. The van der Waals surface area contributed by atoms with Gasteiger partial charge in [0, 0.05) is 28.8 Å². The van der Waals surface area contributed by atoms with E-state index in [1.807, 2.05) is 0 Å². The number of hydrogen-bond acceptors (Lipinski definition) is 7. The van der Waals surface area contributed by atoms with Gasteiger partial charge in [-0.05, 0) is 68.8 Å². The Hall–Kier alpha value is -3.71. The lowest BCUT2D eigenvalue weighted by Gasteiger charge is -2.10. The minimum atomic E-state index is -3.98. The summed E-state index contributed by atoms with van der Waals surface area (Å²) in [5.41, 5.74) is 0.940. The summed E-state index contributed by atoms with van der Waals surface area (Å²) in [5.74, 6) is -0.771. The molecule has 1 amide bonds. The van der Waals surface area contributed by atoms with Gasteiger partial charge in [0.2, 0.25) is 5.95 Å². The number of nitrogens with zero attached hydrogens (tertiary/aromatic N) is 5. The zero-order valence-corrected chi connectivity index (χ0v) is 20.1. The Labute approximate surface area is 203 Å². The van der Waals surface area contributed by atoms with Crippen molar-refractivity contribution in [2.45, 2.75) is 31.0 Å². The quantitative estimate of drug-likeness (QED) is 0.369. The van der Waals surface area contributed by atoms with Crippen LogP contribution in [0.15, 0.2) is 47.4 Å². The normalized spacial score (nSPS) is 12.1. The summed E-state index contributed by atoms with van der Waals surface area (Å²) in [5, 5.41) is 2.71. The molecule has 0 fully saturated rings. The van der Waals surface area contributed by atoms with Crippen LogP contribution in [-0.4, -0.2) is 38.9 Å². The molecule has 0 aliphatic rings. The molecule has 0 atom stereocenters. The lowest BCUT2D eigenvalue weighted by atomic mass is 10.3. The highest BCUT2D eigenvalue weighted by atomic mass is 35.5. The minimum Gasteiger partial charge on any atom is -0.321 e. The average Bonchev–Trinajstić information content (AvgIpc) is 3.15. The van der Waals surface area contributed by atoms with E-state index in [0.29, 0.717) is 11.4 Å². The summed E-state index contributed by atoms with van der Waals surface area (Å²) < 4.78 is 55.9. The van der Waals surface area contributed by atoms with Crippen molar-refractivity contribution in [1.82, 2.24) is 24.6 Å². The summed E-state index contributed by atoms with van der Waals surface area (Å²) >= 11 is 5.16. The number of anilines is 2. The average molecular weight is 522 g/mol. The van der Waals surface area contributed by atoms with Crippen molar-refractivity contribution in [3.8, 4) is 0 Å². The molecule has 4 aromatic rings. The third-order valence-electron chi connectivity index (χ3n) is 4.71. The Morgan fingerprint density at radius 2 is 1.57 bits per heavy atom. The van der Waals surface area contributed by atoms with Crippen molar-refractivity contribution < 1.29 is 22.0 Å². The van der Waals surface area contributed by atoms with E-state index in [0.717, 1.165) is 10.6 Å². The molecule has 0 saturated heterocycles. The first-order valence-electron chi connectivity index (χ1n) is 10.0. The van der Waals surface area contributed by atoms with Gasteiger partial charge >= 0.3 is 5.38 Å². The van der Waals surface area contributed by atoms with Gasteiger partial charge < -0.3 is 5.32 Å². The topological polar surface area (TPSA) is 131 Å². The van der Waals surface area contributed by atoms with E-state index >= 15 is 0 Å². The number of aryl methyl sites for hydroxylation is 3. The molecule has 0 aliphatic heterocycles. The molecular weight excluding hydrogens is 504 g/mol. The monoisotopic (exact) mass is 521 g/mol. The van der Waals surface area contributed by atoms with Crippen LogP contribution >= 0.6 is 11.6 Å². The van der Waals surface area contributed by atoms with Gasteiger partial charge in [0.15, 0.2) is 11.3 Å². The van der Waals surface area contributed by atoms with E-state index in [1.165, 1.54) is 37.3 Å². The predicted molar refractivity (Wildman–Crippen MR) is 124 cm³/mol. The fourth-order valence-electron chi connectivity index (χ4n) is 3.28. The van der Waals surface area contributed by atoms with Gasteiger partial charge in [-0.1, -0.05) is 0 Å². The molecule has 0 spiro atoms. The van der Waals surface area contributed by atoms with E-state index in [2.05, 4.69) is 30.1 Å². The maximum atomic E-state index is 13.7. The first-order chi connectivity index (χ1) is 16.3. The van der Waals surface area contributed by atoms with Gasteiger partial charge in [0.05, 0.1) is 4.90 Å². The molecule has 3 heterocycles. The van der Waals surface area contributed by atoms with E-state index < -0.39 is 27.0 Å². The second kappa shape index (κ2) is 8.82. The van der Waals surface area contributed by atoms with Crippen molar-refractivity contribution in [2.75, 3.05) is 10.0 Å². The standard InChI is InChI=1S/C21H18ClF2N7O3S/c1-11-8-12(2)27-20(26-11)30-35(33,34)15-6-4-14(5-7-15)28-19(32)16-10-18-25-13(3)9-17(21(22,23)24)31(18)29-16/h4-10H,1-3H3,(H,28,32)(H,26,27,30). The third-order valence-corrected chi connectivity index (χ3v) is 6.25. The number of benzene rings is 1. The van der Waals surface area contributed by atoms with Crippen molar-refractivity contribution in [2.24, 2.45) is 0 Å². The van der Waals surface area contributed by atoms with Crippen LogP contribution in [0.2, 0.25) is 0 Å². The zero-order valence-electron chi connectivity index (χ0n) is 18.5. The maximum Gasteiger partial charge on any atom is 0.364 e. The number of alkyl halides is 3. The molecule has 1 aromatic carbocycles. The zero-order chi connectivity index (χ0) is 25.5. The molecule has 2 N–H and O–H groups in total. The van der Waals surface area contributed by atoms with Gasteiger partial charge in [-0.15, -0.1) is 0 Å². The van der Waals surface area contributed by atoms with Crippen LogP contribution in [0.4, 0.5) is 20.4 Å². The highest BCUT2D eigenvalue weighted by Gasteiger charge is 2.32. The molecule has 182 valence electrons. The lowest BCUT2D eigenvalue weighted by Crippen LogP contribution is -2.16. The number of fused-ring (bicyclic) bond motifs is 1. The summed E-state index contributed by atoms with van der Waals surface area (Å²) in [6.07, 6.45) is 0. The molecule has 0 bridgehead atoms. The van der Waals surface area contributed by atoms with E-state index in [9.17, 15) is 22.0 Å². The summed E-state index contributed by atoms with van der Waals surface area (Å²) in [7, 11) is -3.98. The fraction of sp³-hybridized carbons (Fsp3) is 0.190. The first-order valence-corrected chi connectivity index (χ1v) is 11.9. The van der Waals surface area contributed by atoms with Crippen LogP contribution in [0.3, 0.4) is 0 Å². The number of halogens is 3. The van der Waals surface area contributed by atoms with Crippen LogP contribution in [0.25, 0.3) is 5.65 Å². The second-order valence-electron chi connectivity index (χ2n) is 7.64. The number of sulfonamides is 1. The fourth-order valence-corrected chi connectivity index (χ4v) is 4.35. The van der Waals surface area contributed by atoms with Gasteiger partial charge in [0.1, 0.15) is 5.69 Å². The minimum absolute atomic E-state index is 0.0200. The summed E-state index contributed by atoms with van der Waals surface area (Å²) in [6, 6.07) is 9.31. The molecule has 14 heteroatoms. The van der Waals surface area contributed by atoms with Crippen molar-refractivity contribution in [3.05, 3.63) is 70.9 Å². The van der Waals surface area contributed by atoms with Gasteiger partial charge in [-0.2, -0.15) is 13.9 Å². The highest BCUT2D eigenvalue weighted by molar-refractivity contribution is 7.92. The Kier molecular flexibility index (Phi) is 6.15. The van der Waals surface area contributed by atoms with Crippen molar-refractivity contribution in [1.29, 1.82) is 0 Å². The largest absolute Gasteiger partial charge is 0.364 e. The van der Waals surface area contributed by atoms with Crippen LogP contribution in [0, 0.1) is 20.8 Å². The molecule has 0 radical (unpaired) electrons. The SMILES string of the molecule is Cc1cc(C)nc(NS(=O)(=O)c2ccc(NC(=O)c3cc4nc(C)cc(C(F)(F)Cl)n4n3)cc2)n1. The van der Waals surface area contributed by atoms with Gasteiger partial charge in [-0.25, -0.2) is 32.6 Å². The number of rotatable bonds is 6. The molecule has 35 heavy (non-hydrogen) atoms. The third kappa shape index (κ3) is 5.35. The molecule has 4 rings (SSSR count). The molecular formula is C21H18ClF2N7O3S. The Morgan fingerprint density at radius 3 is 2.17 bits per heavy atom. The molecule has 0 unspecified atom stereocenters. The first kappa shape index (κ1) is 24.4. The Bertz CT molecular complexity index is 1530. The maximum absolute atomic E-state index is 13.7. The molecule has 0 aliphatic carbocycles. The number of carbonyl (C=O) groups excluding carboxylic acids is 1. The molecule has 0 saturated carbocycles. The molecule has 10 nitrogen and oxygen atoms in total. The van der Waals surface area contributed by atoms with Crippen LogP contribution in [0.1, 0.15) is 33.3 Å². The van der Waals surface area contributed by atoms with Crippen molar-refractivity contribution >= 4 is 44.8 Å². The van der Waals surface area contributed by atoms with Crippen molar-refractivity contribution in [3.63, 3.8) is 0 Å². The van der Waals surface area contributed by atoms with E-state index in [4.69, 9.17) is 11.6 Å². The van der Waals surface area contributed by atoms with Crippen LogP contribution in [0.5, 0.6) is 0 Å².